The molecule has 6 aromatic rings. The van der Waals surface area contributed by atoms with Gasteiger partial charge in [-0.1, -0.05) is 59.8 Å². The Labute approximate surface area is 340 Å². The molecule has 17 nitrogen and oxygen atoms in total. The van der Waals surface area contributed by atoms with Crippen LogP contribution in [0.3, 0.4) is 0 Å². The predicted octanol–water partition coefficient (Wildman–Crippen LogP) is 3.38. The molecule has 7 atom stereocenters. The first-order valence-corrected chi connectivity index (χ1v) is 18.9. The molecule has 2 fully saturated rings. The number of ether oxygens (including phenoxy) is 6. The number of nitrogens with zero attached hydrogens (tertiary/aromatic N) is 4. The zero-order chi connectivity index (χ0) is 42.0. The van der Waals surface area contributed by atoms with Gasteiger partial charge in [0.05, 0.1) is 26.9 Å². The fraction of sp³-hybridized carbons (Fsp3) is 0.310. The van der Waals surface area contributed by atoms with Crippen LogP contribution in [0.2, 0.25) is 0 Å². The molecule has 3 aromatic heterocycles. The van der Waals surface area contributed by atoms with Gasteiger partial charge in [0.2, 0.25) is 0 Å². The monoisotopic (exact) mass is 823 g/mol. The molecule has 0 unspecified atom stereocenters. The molecule has 60 heavy (non-hydrogen) atoms. The molecule has 2 saturated heterocycles. The Morgan fingerprint density at radius 1 is 0.733 bits per heavy atom. The van der Waals surface area contributed by atoms with Crippen LogP contribution in [0.15, 0.2) is 127 Å². The zero-order valence-electron chi connectivity index (χ0n) is 32.5. The Bertz CT molecular complexity index is 2600. The van der Waals surface area contributed by atoms with E-state index in [0.29, 0.717) is 11.5 Å². The maximum absolute atomic E-state index is 17.0. The molecule has 0 amide bonds. The third-order valence-corrected chi connectivity index (χ3v) is 10.7. The van der Waals surface area contributed by atoms with E-state index in [1.807, 2.05) is 78.9 Å². The first-order valence-electron chi connectivity index (χ1n) is 18.9. The molecular weight excluding hydrogens is 783 g/mol. The lowest BCUT2D eigenvalue weighted by atomic mass is 9.80. The van der Waals surface area contributed by atoms with Crippen molar-refractivity contribution >= 4 is 0 Å². The summed E-state index contributed by atoms with van der Waals surface area (Å²) < 4.78 is 60.7. The van der Waals surface area contributed by atoms with Crippen molar-refractivity contribution < 1.29 is 37.3 Å². The molecule has 1 radical (unpaired) electrons. The number of alkyl halides is 1. The highest BCUT2D eigenvalue weighted by atomic mass is 19.1. The number of hydrogen-bond donors (Lipinski definition) is 2. The minimum absolute atomic E-state index is 0.00431. The largest absolute Gasteiger partial charge is 0.497 e. The molecule has 2 N–H and O–H groups in total. The molecule has 311 valence electrons. The van der Waals surface area contributed by atoms with Gasteiger partial charge < -0.3 is 32.9 Å². The van der Waals surface area contributed by atoms with Gasteiger partial charge in [-0.25, -0.2) is 14.0 Å². The number of aromatic amines is 2. The quantitative estimate of drug-likeness (QED) is 0.152. The molecule has 8 rings (SSSR count). The molecule has 5 heterocycles. The molecule has 0 spiro atoms. The first-order chi connectivity index (χ1) is 29.1. The van der Waals surface area contributed by atoms with Gasteiger partial charge in [0.15, 0.2) is 24.5 Å². The number of aromatic nitrogens is 6. The van der Waals surface area contributed by atoms with Crippen LogP contribution in [-0.4, -0.2) is 75.6 Å². The van der Waals surface area contributed by atoms with Crippen molar-refractivity contribution in [1.29, 1.82) is 0 Å². The van der Waals surface area contributed by atoms with Crippen LogP contribution >= 0.6 is 0 Å². The van der Waals surface area contributed by atoms with Crippen LogP contribution in [0.1, 0.15) is 47.0 Å². The minimum atomic E-state index is -1.83. The minimum Gasteiger partial charge on any atom is -0.497 e. The second-order valence-corrected chi connectivity index (χ2v) is 14.1. The van der Waals surface area contributed by atoms with Gasteiger partial charge in [-0.2, -0.15) is 4.98 Å². The average Bonchev–Trinajstić information content (AvgIpc) is 4.00. The van der Waals surface area contributed by atoms with Crippen molar-refractivity contribution in [2.45, 2.75) is 49.0 Å². The molecule has 0 bridgehead atoms. The van der Waals surface area contributed by atoms with Crippen LogP contribution in [0, 0.1) is 12.3 Å². The molecule has 18 heteroatoms. The predicted molar refractivity (Wildman–Crippen MR) is 209 cm³/mol. The number of rotatable bonds is 14. The van der Waals surface area contributed by atoms with Gasteiger partial charge >= 0.3 is 11.4 Å². The highest BCUT2D eigenvalue weighted by molar-refractivity contribution is 5.49. The second kappa shape index (κ2) is 17.0. The highest BCUT2D eigenvalue weighted by Crippen LogP contribution is 2.45. The Kier molecular flexibility index (Phi) is 11.4. The molecule has 0 saturated carbocycles. The lowest BCUT2D eigenvalue weighted by Crippen LogP contribution is -2.38. The Morgan fingerprint density at radius 2 is 1.30 bits per heavy atom. The average molecular weight is 824 g/mol. The maximum atomic E-state index is 17.0. The van der Waals surface area contributed by atoms with Gasteiger partial charge in [-0.05, 0) is 41.0 Å². The van der Waals surface area contributed by atoms with E-state index in [2.05, 4.69) is 20.1 Å². The number of halogens is 1. The first kappa shape index (κ1) is 40.3. The number of H-pyrrole nitrogens is 2. The number of methoxy groups -OCH3 is 3. The van der Waals surface area contributed by atoms with E-state index in [0.717, 1.165) is 27.3 Å². The summed E-state index contributed by atoms with van der Waals surface area (Å²) in [6.45, 7) is -0.206. The van der Waals surface area contributed by atoms with Crippen molar-refractivity contribution in [3.8, 4) is 11.5 Å². The number of nitrogens with one attached hydrogen (secondary N) is 2. The maximum Gasteiger partial charge on any atom is 0.330 e. The third-order valence-electron chi connectivity index (χ3n) is 10.7. The summed E-state index contributed by atoms with van der Waals surface area (Å²) in [6.07, 6.45) is -3.02. The van der Waals surface area contributed by atoms with Crippen LogP contribution in [0.5, 0.6) is 11.5 Å². The summed E-state index contributed by atoms with van der Waals surface area (Å²) in [4.78, 5) is 58.1. The Morgan fingerprint density at radius 3 is 1.85 bits per heavy atom. The van der Waals surface area contributed by atoms with E-state index in [4.69, 9.17) is 32.9 Å². The van der Waals surface area contributed by atoms with E-state index in [9.17, 15) is 19.2 Å². The molecule has 2 aliphatic rings. The van der Waals surface area contributed by atoms with E-state index in [1.165, 1.54) is 30.1 Å². The van der Waals surface area contributed by atoms with Gasteiger partial charge in [0.25, 0.3) is 17.0 Å². The normalized spacial score (nSPS) is 22.8. The summed E-state index contributed by atoms with van der Waals surface area (Å²) >= 11 is 0. The summed E-state index contributed by atoms with van der Waals surface area (Å²) in [5.74, 6) is 0.332. The molecule has 3 aromatic carbocycles. The van der Waals surface area contributed by atoms with E-state index in [-0.39, 0.29) is 24.7 Å². The summed E-state index contributed by atoms with van der Waals surface area (Å²) in [5, 5.41) is 4.14. The topological polar surface area (TPSA) is 204 Å². The van der Waals surface area contributed by atoms with E-state index < -0.39 is 71.0 Å². The molecule has 2 aliphatic heterocycles. The lowest BCUT2D eigenvalue weighted by Gasteiger charge is -2.37. The second-order valence-electron chi connectivity index (χ2n) is 14.1. The van der Waals surface area contributed by atoms with Crippen LogP contribution in [0.25, 0.3) is 0 Å². The van der Waals surface area contributed by atoms with Gasteiger partial charge in [0, 0.05) is 50.4 Å². The van der Waals surface area contributed by atoms with Crippen LogP contribution in [0.4, 0.5) is 4.39 Å². The Hall–Kier alpha value is -6.47. The lowest BCUT2D eigenvalue weighted by molar-refractivity contribution is -0.0875. The SMILES string of the molecule is COc1ccc(C(OC[C@H]2O[C@@H](n3ccc(=O)[nH]c3=O)[C@H](F)[C@@H]2Cc2noc([C@@H]3[CH][C@@H](OC)[C@H](n4ccc(=O)[nH]c4=O)O3)n2)(c2ccccc2)c2ccc(OC)cc2)cc1. The standard InChI is InChI=1S/C42H40FN6O11/c1-54-27-13-9-25(10-14-27)42(24-7-5-4-6-8-24,26-11-15-28(55-2)16-12-26)57-23-32-29(36(43)39(59-32)49-20-18-35(51)46-41(49)53)21-33-44-37(60-47-33)30-22-31(56-3)38(58-30)48-19-17-34(50)45-40(48)52/h4-20,22,29-32,36,38-39H,21,23H2,1-3H3,(H,45,50,52)(H,46,51,53)/t29-,30+,31-,32-,36-,38-,39-/m1/s1. The zero-order valence-corrected chi connectivity index (χ0v) is 32.5. The van der Waals surface area contributed by atoms with Gasteiger partial charge in [-0.15, -0.1) is 0 Å². The van der Waals surface area contributed by atoms with Crippen LogP contribution < -0.4 is 32.0 Å². The van der Waals surface area contributed by atoms with Gasteiger partial charge in [-0.3, -0.25) is 28.7 Å². The fourth-order valence-electron chi connectivity index (χ4n) is 7.71. The van der Waals surface area contributed by atoms with E-state index >= 15 is 4.39 Å². The summed E-state index contributed by atoms with van der Waals surface area (Å²) in [6, 6.07) is 26.6. The summed E-state index contributed by atoms with van der Waals surface area (Å²) in [5.41, 5.74) is -1.86. The number of benzene rings is 3. The van der Waals surface area contributed by atoms with Crippen molar-refractivity contribution in [2.24, 2.45) is 5.92 Å². The van der Waals surface area contributed by atoms with E-state index in [1.54, 1.807) is 20.6 Å². The van der Waals surface area contributed by atoms with Crippen molar-refractivity contribution in [3.05, 3.63) is 180 Å². The van der Waals surface area contributed by atoms with Crippen LogP contribution in [-0.2, 0) is 31.0 Å². The summed E-state index contributed by atoms with van der Waals surface area (Å²) in [7, 11) is 4.58. The fourth-order valence-corrected chi connectivity index (χ4v) is 7.71. The highest BCUT2D eigenvalue weighted by Gasteiger charge is 2.49. The van der Waals surface area contributed by atoms with Crippen molar-refractivity contribution in [1.82, 2.24) is 29.2 Å². The number of hydrogen-bond acceptors (Lipinski definition) is 13. The van der Waals surface area contributed by atoms with Crippen molar-refractivity contribution in [3.63, 3.8) is 0 Å². The third kappa shape index (κ3) is 7.72. The Balaban J connectivity index is 1.14. The molecular formula is C42H40FN6O11. The molecule has 0 aliphatic carbocycles. The van der Waals surface area contributed by atoms with Crippen molar-refractivity contribution in [2.75, 3.05) is 27.9 Å². The van der Waals surface area contributed by atoms with Gasteiger partial charge in [0.1, 0.15) is 29.3 Å². The smallest absolute Gasteiger partial charge is 0.330 e.